The van der Waals surface area contributed by atoms with Crippen molar-refractivity contribution in [2.45, 2.75) is 22.6 Å². The first kappa shape index (κ1) is 20.7. The normalized spacial score (nSPS) is 15.8. The highest BCUT2D eigenvalue weighted by Crippen LogP contribution is 2.32. The molecule has 0 spiro atoms. The van der Waals surface area contributed by atoms with Crippen LogP contribution in [-0.2, 0) is 20.0 Å². The van der Waals surface area contributed by atoms with Gasteiger partial charge in [-0.2, -0.15) is 4.31 Å². The Morgan fingerprint density at radius 2 is 1.37 bits per heavy atom. The number of hydrogen-bond acceptors (Lipinski definition) is 4. The van der Waals surface area contributed by atoms with E-state index in [1.54, 1.807) is 0 Å². The van der Waals surface area contributed by atoms with Gasteiger partial charge in [-0.1, -0.05) is 34.8 Å². The lowest BCUT2D eigenvalue weighted by molar-refractivity contribution is 0.477. The molecule has 1 heterocycles. The van der Waals surface area contributed by atoms with E-state index < -0.39 is 20.0 Å². The third-order valence-corrected chi connectivity index (χ3v) is 8.55. The highest BCUT2D eigenvalue weighted by atomic mass is 35.5. The second-order valence-corrected chi connectivity index (χ2v) is 10.7. The molecule has 146 valence electrons. The molecule has 0 bridgehead atoms. The minimum atomic E-state index is -4.03. The van der Waals surface area contributed by atoms with Crippen molar-refractivity contribution in [2.24, 2.45) is 0 Å². The Labute approximate surface area is 173 Å². The second-order valence-electron chi connectivity index (χ2n) is 5.94. The van der Waals surface area contributed by atoms with E-state index in [1.165, 1.54) is 34.6 Å². The van der Waals surface area contributed by atoms with E-state index in [0.29, 0.717) is 13.1 Å². The molecule has 0 unspecified atom stereocenters. The van der Waals surface area contributed by atoms with Crippen molar-refractivity contribution in [2.75, 3.05) is 17.8 Å². The number of anilines is 1. The van der Waals surface area contributed by atoms with Gasteiger partial charge in [0.25, 0.3) is 10.0 Å². The van der Waals surface area contributed by atoms with Crippen molar-refractivity contribution in [3.05, 3.63) is 51.5 Å². The molecule has 1 aliphatic rings. The minimum Gasteiger partial charge on any atom is -0.280 e. The maximum atomic E-state index is 12.6. The lowest BCUT2D eigenvalue weighted by Gasteiger charge is -2.16. The van der Waals surface area contributed by atoms with Crippen molar-refractivity contribution in [3.8, 4) is 0 Å². The molecule has 0 amide bonds. The molecular weight excluding hydrogens is 455 g/mol. The predicted octanol–water partition coefficient (Wildman–Crippen LogP) is 4.23. The minimum absolute atomic E-state index is 0.0495. The first-order chi connectivity index (χ1) is 12.6. The van der Waals surface area contributed by atoms with E-state index >= 15 is 0 Å². The number of nitrogens with zero attached hydrogens (tertiary/aromatic N) is 1. The van der Waals surface area contributed by atoms with E-state index in [4.69, 9.17) is 34.8 Å². The summed E-state index contributed by atoms with van der Waals surface area (Å²) in [4.78, 5) is -0.118. The summed E-state index contributed by atoms with van der Waals surface area (Å²) in [7, 11) is -7.60. The first-order valence-corrected chi connectivity index (χ1v) is 11.9. The highest BCUT2D eigenvalue weighted by Gasteiger charge is 2.27. The zero-order valence-corrected chi connectivity index (χ0v) is 17.7. The van der Waals surface area contributed by atoms with Crippen LogP contribution in [0.25, 0.3) is 0 Å². The van der Waals surface area contributed by atoms with Crippen LogP contribution in [0.5, 0.6) is 0 Å². The maximum Gasteiger partial charge on any atom is 0.263 e. The van der Waals surface area contributed by atoms with Crippen molar-refractivity contribution in [3.63, 3.8) is 0 Å². The quantitative estimate of drug-likeness (QED) is 0.664. The molecule has 2 aromatic rings. The van der Waals surface area contributed by atoms with E-state index in [2.05, 4.69) is 4.72 Å². The van der Waals surface area contributed by atoms with Crippen LogP contribution in [0.15, 0.2) is 46.2 Å². The van der Waals surface area contributed by atoms with Gasteiger partial charge in [-0.25, -0.2) is 16.8 Å². The fourth-order valence-electron chi connectivity index (χ4n) is 2.69. The lowest BCUT2D eigenvalue weighted by atomic mass is 10.3. The molecule has 1 aliphatic heterocycles. The van der Waals surface area contributed by atoms with Crippen molar-refractivity contribution in [1.82, 2.24) is 4.31 Å². The average Bonchev–Trinajstić information content (AvgIpc) is 3.13. The Kier molecular flexibility index (Phi) is 5.96. The van der Waals surface area contributed by atoms with Gasteiger partial charge in [0.1, 0.15) is 4.90 Å². The fraction of sp³-hybridized carbons (Fsp3) is 0.250. The molecular formula is C16H15Cl3N2O4S2. The molecule has 0 aromatic heterocycles. The van der Waals surface area contributed by atoms with Gasteiger partial charge in [0.05, 0.1) is 20.0 Å². The largest absolute Gasteiger partial charge is 0.280 e. The van der Waals surface area contributed by atoms with Gasteiger partial charge < -0.3 is 0 Å². The zero-order valence-electron chi connectivity index (χ0n) is 13.8. The fourth-order valence-corrected chi connectivity index (χ4v) is 6.27. The summed E-state index contributed by atoms with van der Waals surface area (Å²) in [5, 5.41) is 0.107. The number of halogens is 3. The molecule has 1 N–H and O–H groups in total. The molecule has 11 heteroatoms. The third kappa shape index (κ3) is 4.36. The lowest BCUT2D eigenvalue weighted by Crippen LogP contribution is -2.27. The number of nitrogens with one attached hydrogen (secondary N) is 1. The number of benzene rings is 2. The molecule has 0 aliphatic carbocycles. The average molecular weight is 470 g/mol. The summed E-state index contributed by atoms with van der Waals surface area (Å²) >= 11 is 17.7. The van der Waals surface area contributed by atoms with Crippen LogP contribution < -0.4 is 4.72 Å². The SMILES string of the molecule is O=S(=O)(Nc1ccc(S(=O)(=O)N2CCCC2)cc1)c1cc(Cl)c(Cl)cc1Cl. The van der Waals surface area contributed by atoms with Gasteiger partial charge in [-0.15, -0.1) is 0 Å². The van der Waals surface area contributed by atoms with E-state index in [9.17, 15) is 16.8 Å². The number of rotatable bonds is 5. The number of sulfonamides is 2. The Hall–Kier alpha value is -1.03. The Balaban J connectivity index is 1.85. The van der Waals surface area contributed by atoms with Gasteiger partial charge >= 0.3 is 0 Å². The predicted molar refractivity (Wildman–Crippen MR) is 107 cm³/mol. The maximum absolute atomic E-state index is 12.6. The van der Waals surface area contributed by atoms with Crippen LogP contribution in [0.1, 0.15) is 12.8 Å². The summed E-state index contributed by atoms with van der Waals surface area (Å²) in [6, 6.07) is 7.88. The van der Waals surface area contributed by atoms with Gasteiger partial charge in [0.15, 0.2) is 0 Å². The van der Waals surface area contributed by atoms with Crippen molar-refractivity contribution in [1.29, 1.82) is 0 Å². The molecule has 1 saturated heterocycles. The molecule has 3 rings (SSSR count). The standard InChI is InChI=1S/C16H15Cl3N2O4S2/c17-13-9-15(19)16(10-14(13)18)26(22,23)20-11-3-5-12(6-4-11)27(24,25)21-7-1-2-8-21/h3-6,9-10,20H,1-2,7-8H2. The molecule has 6 nitrogen and oxygen atoms in total. The summed E-state index contributed by atoms with van der Waals surface area (Å²) in [6.45, 7) is 0.985. The van der Waals surface area contributed by atoms with Gasteiger partial charge in [-0.05, 0) is 49.2 Å². The summed E-state index contributed by atoms with van der Waals surface area (Å²) < 4.78 is 53.9. The van der Waals surface area contributed by atoms with Crippen LogP contribution >= 0.6 is 34.8 Å². The zero-order chi connectivity index (χ0) is 19.8. The monoisotopic (exact) mass is 468 g/mol. The second kappa shape index (κ2) is 7.77. The van der Waals surface area contributed by atoms with Crippen LogP contribution in [0.4, 0.5) is 5.69 Å². The summed E-state index contributed by atoms with van der Waals surface area (Å²) in [5.41, 5.74) is 0.192. The van der Waals surface area contributed by atoms with Crippen LogP contribution in [0, 0.1) is 0 Å². The van der Waals surface area contributed by atoms with Crippen molar-refractivity contribution >= 4 is 60.5 Å². The molecule has 0 atom stereocenters. The van der Waals surface area contributed by atoms with Gasteiger partial charge in [0.2, 0.25) is 10.0 Å². The highest BCUT2D eigenvalue weighted by molar-refractivity contribution is 7.92. The Morgan fingerprint density at radius 3 is 1.96 bits per heavy atom. The first-order valence-electron chi connectivity index (χ1n) is 7.89. The number of hydrogen-bond donors (Lipinski definition) is 1. The van der Waals surface area contributed by atoms with Gasteiger partial charge in [0, 0.05) is 18.8 Å². The Bertz CT molecular complexity index is 1070. The van der Waals surface area contributed by atoms with Gasteiger partial charge in [-0.3, -0.25) is 4.72 Å². The van der Waals surface area contributed by atoms with E-state index in [0.717, 1.165) is 18.9 Å². The third-order valence-electron chi connectivity index (χ3n) is 4.07. The molecule has 1 fully saturated rings. The Morgan fingerprint density at radius 1 is 0.815 bits per heavy atom. The van der Waals surface area contributed by atoms with Crippen LogP contribution in [0.3, 0.4) is 0 Å². The van der Waals surface area contributed by atoms with E-state index in [1.807, 2.05) is 0 Å². The summed E-state index contributed by atoms with van der Waals surface area (Å²) in [6.07, 6.45) is 1.67. The summed E-state index contributed by atoms with van der Waals surface area (Å²) in [5.74, 6) is 0. The van der Waals surface area contributed by atoms with Crippen molar-refractivity contribution < 1.29 is 16.8 Å². The molecule has 2 aromatic carbocycles. The van der Waals surface area contributed by atoms with Crippen LogP contribution in [0.2, 0.25) is 15.1 Å². The molecule has 0 saturated carbocycles. The van der Waals surface area contributed by atoms with Crippen LogP contribution in [-0.4, -0.2) is 34.2 Å². The smallest absolute Gasteiger partial charge is 0.263 e. The molecule has 27 heavy (non-hydrogen) atoms. The van der Waals surface area contributed by atoms with E-state index in [-0.39, 0.29) is 30.5 Å². The molecule has 0 radical (unpaired) electrons. The topological polar surface area (TPSA) is 83.5 Å².